The first-order valence-corrected chi connectivity index (χ1v) is 6.84. The Morgan fingerprint density at radius 2 is 2.10 bits per heavy atom. The lowest BCUT2D eigenvalue weighted by molar-refractivity contribution is -0.384. The number of benzene rings is 1. The molecule has 0 aromatic heterocycles. The van der Waals surface area contributed by atoms with Crippen LogP contribution in [0.2, 0.25) is 0 Å². The molecule has 106 valence electrons. The van der Waals surface area contributed by atoms with Crippen LogP contribution in [-0.4, -0.2) is 17.4 Å². The van der Waals surface area contributed by atoms with Gasteiger partial charge in [-0.25, -0.2) is 0 Å². The quantitative estimate of drug-likeness (QED) is 0.470. The predicted molar refractivity (Wildman–Crippen MR) is 77.6 cm³/mol. The molecule has 1 aliphatic rings. The smallest absolute Gasteiger partial charge is 0.271 e. The molecule has 5 heteroatoms. The van der Waals surface area contributed by atoms with Crippen LogP contribution >= 0.6 is 0 Å². The molecule has 0 atom stereocenters. The Morgan fingerprint density at radius 1 is 1.40 bits per heavy atom. The Balaban J connectivity index is 2.25. The largest absolute Gasteiger partial charge is 0.312 e. The third-order valence-electron chi connectivity index (χ3n) is 3.42. The van der Waals surface area contributed by atoms with Gasteiger partial charge in [-0.15, -0.1) is 0 Å². The average molecular weight is 274 g/mol. The lowest BCUT2D eigenvalue weighted by atomic mass is 10.0. The lowest BCUT2D eigenvalue weighted by Crippen LogP contribution is -2.36. The summed E-state index contributed by atoms with van der Waals surface area (Å²) in [5.41, 5.74) is 0.624. The number of anilines is 1. The molecule has 0 unspecified atom stereocenters. The molecule has 1 aromatic carbocycles. The van der Waals surface area contributed by atoms with E-state index in [1.165, 1.54) is 12.1 Å². The van der Waals surface area contributed by atoms with Gasteiger partial charge in [0.05, 0.1) is 10.6 Å². The number of carbonyl (C=O) groups excluding carboxylic acids is 1. The number of rotatable bonds is 5. The number of nitro benzene ring substituents is 1. The van der Waals surface area contributed by atoms with Crippen LogP contribution in [0.1, 0.15) is 26.2 Å². The Bertz CT molecular complexity index is 532. The molecule has 20 heavy (non-hydrogen) atoms. The monoisotopic (exact) mass is 274 g/mol. The van der Waals surface area contributed by atoms with Gasteiger partial charge in [0.2, 0.25) is 5.91 Å². The third kappa shape index (κ3) is 3.04. The minimum atomic E-state index is -0.435. The molecule has 0 aliphatic heterocycles. The van der Waals surface area contributed by atoms with Gasteiger partial charge in [-0.05, 0) is 25.3 Å². The Morgan fingerprint density at radius 3 is 2.70 bits per heavy atom. The zero-order chi connectivity index (χ0) is 14.5. The van der Waals surface area contributed by atoms with E-state index in [9.17, 15) is 14.9 Å². The van der Waals surface area contributed by atoms with Crippen molar-refractivity contribution in [3.05, 3.63) is 46.5 Å². The van der Waals surface area contributed by atoms with Crippen molar-refractivity contribution in [1.29, 1.82) is 0 Å². The van der Waals surface area contributed by atoms with Crippen LogP contribution in [0.5, 0.6) is 0 Å². The summed E-state index contributed by atoms with van der Waals surface area (Å²) >= 11 is 0. The molecule has 0 spiro atoms. The van der Waals surface area contributed by atoms with Gasteiger partial charge in [0.15, 0.2) is 0 Å². The first-order valence-electron chi connectivity index (χ1n) is 6.84. The summed E-state index contributed by atoms with van der Waals surface area (Å²) in [6, 6.07) is 6.28. The second kappa shape index (κ2) is 6.32. The first kappa shape index (κ1) is 14.2. The molecule has 0 fully saturated rings. The van der Waals surface area contributed by atoms with Crippen molar-refractivity contribution >= 4 is 17.3 Å². The summed E-state index contributed by atoms with van der Waals surface area (Å²) in [6.07, 6.45) is 6.36. The van der Waals surface area contributed by atoms with Crippen LogP contribution in [-0.2, 0) is 4.79 Å². The third-order valence-corrected chi connectivity index (χ3v) is 3.42. The highest BCUT2D eigenvalue weighted by Crippen LogP contribution is 2.26. The maximum atomic E-state index is 12.5. The normalized spacial score (nSPS) is 14.4. The summed E-state index contributed by atoms with van der Waals surface area (Å²) in [6.45, 7) is 2.57. The molecule has 0 radical (unpaired) electrons. The topological polar surface area (TPSA) is 63.5 Å². The van der Waals surface area contributed by atoms with E-state index in [0.717, 1.165) is 19.3 Å². The van der Waals surface area contributed by atoms with E-state index in [-0.39, 0.29) is 17.5 Å². The van der Waals surface area contributed by atoms with E-state index < -0.39 is 4.92 Å². The standard InChI is InChI=1S/C15H18N2O3/c1-2-10-16(15(18)12-6-3-4-7-12)13-8-5-9-14(11-13)17(19)20/h3-5,8-9,11-12H,2,6-7,10H2,1H3. The van der Waals surface area contributed by atoms with Gasteiger partial charge in [0, 0.05) is 24.6 Å². The number of hydrogen-bond donors (Lipinski definition) is 0. The van der Waals surface area contributed by atoms with E-state index in [4.69, 9.17) is 0 Å². The molecule has 0 saturated carbocycles. The van der Waals surface area contributed by atoms with Crippen molar-refractivity contribution < 1.29 is 9.72 Å². The minimum Gasteiger partial charge on any atom is -0.312 e. The summed E-state index contributed by atoms with van der Waals surface area (Å²) in [5.74, 6) is 0.0261. The molecule has 0 saturated heterocycles. The fourth-order valence-electron chi connectivity index (χ4n) is 2.40. The van der Waals surface area contributed by atoms with E-state index in [1.807, 2.05) is 19.1 Å². The zero-order valence-electron chi connectivity index (χ0n) is 11.5. The van der Waals surface area contributed by atoms with Gasteiger partial charge in [-0.3, -0.25) is 14.9 Å². The van der Waals surface area contributed by atoms with Crippen molar-refractivity contribution in [2.75, 3.05) is 11.4 Å². The van der Waals surface area contributed by atoms with Gasteiger partial charge in [0.25, 0.3) is 5.69 Å². The number of nitrogens with zero attached hydrogens (tertiary/aromatic N) is 2. The number of nitro groups is 1. The maximum absolute atomic E-state index is 12.5. The predicted octanol–water partition coefficient (Wildman–Crippen LogP) is 3.30. The van der Waals surface area contributed by atoms with Crippen molar-refractivity contribution in [1.82, 2.24) is 0 Å². The molecule has 1 amide bonds. The SMILES string of the molecule is CCCN(C(=O)C1CC=CC1)c1cccc([N+](=O)[O-])c1. The van der Waals surface area contributed by atoms with Crippen LogP contribution in [0.3, 0.4) is 0 Å². The van der Waals surface area contributed by atoms with Crippen molar-refractivity contribution in [2.45, 2.75) is 26.2 Å². The van der Waals surface area contributed by atoms with E-state index >= 15 is 0 Å². The lowest BCUT2D eigenvalue weighted by Gasteiger charge is -2.25. The van der Waals surface area contributed by atoms with Gasteiger partial charge < -0.3 is 4.90 Å². The summed E-state index contributed by atoms with van der Waals surface area (Å²) in [4.78, 5) is 24.6. The van der Waals surface area contributed by atoms with Crippen LogP contribution in [0.25, 0.3) is 0 Å². The van der Waals surface area contributed by atoms with Gasteiger partial charge >= 0.3 is 0 Å². The Labute approximate surface area is 118 Å². The fraction of sp³-hybridized carbons (Fsp3) is 0.400. The van der Waals surface area contributed by atoms with Gasteiger partial charge in [-0.2, -0.15) is 0 Å². The molecule has 5 nitrogen and oxygen atoms in total. The molecule has 0 N–H and O–H groups in total. The number of amides is 1. The van der Waals surface area contributed by atoms with E-state index in [1.54, 1.807) is 17.0 Å². The molecule has 1 aliphatic carbocycles. The highest BCUT2D eigenvalue weighted by Gasteiger charge is 2.26. The minimum absolute atomic E-state index is 0.0148. The Hall–Kier alpha value is -2.17. The van der Waals surface area contributed by atoms with Gasteiger partial charge in [0.1, 0.15) is 0 Å². The molecule has 1 aromatic rings. The van der Waals surface area contributed by atoms with Crippen LogP contribution in [0.4, 0.5) is 11.4 Å². The highest BCUT2D eigenvalue weighted by atomic mass is 16.6. The number of allylic oxidation sites excluding steroid dienone is 2. The summed E-state index contributed by atoms with van der Waals surface area (Å²) in [7, 11) is 0. The Kier molecular flexibility index (Phi) is 4.50. The van der Waals surface area contributed by atoms with Crippen LogP contribution < -0.4 is 4.90 Å². The number of carbonyl (C=O) groups is 1. The zero-order valence-corrected chi connectivity index (χ0v) is 11.5. The van der Waals surface area contributed by atoms with Crippen molar-refractivity contribution in [3.8, 4) is 0 Å². The molecule has 2 rings (SSSR count). The average Bonchev–Trinajstić information content (AvgIpc) is 2.98. The molecular weight excluding hydrogens is 256 g/mol. The maximum Gasteiger partial charge on any atom is 0.271 e. The van der Waals surface area contributed by atoms with E-state index in [2.05, 4.69) is 0 Å². The summed E-state index contributed by atoms with van der Waals surface area (Å²) in [5, 5.41) is 10.9. The van der Waals surface area contributed by atoms with Crippen LogP contribution in [0, 0.1) is 16.0 Å². The second-order valence-corrected chi connectivity index (χ2v) is 4.91. The second-order valence-electron chi connectivity index (χ2n) is 4.91. The first-order chi connectivity index (χ1) is 9.63. The number of hydrogen-bond acceptors (Lipinski definition) is 3. The molecule has 0 heterocycles. The molecular formula is C15H18N2O3. The van der Waals surface area contributed by atoms with Gasteiger partial charge in [-0.1, -0.05) is 25.1 Å². The molecule has 0 bridgehead atoms. The summed E-state index contributed by atoms with van der Waals surface area (Å²) < 4.78 is 0. The van der Waals surface area contributed by atoms with Crippen molar-refractivity contribution in [2.24, 2.45) is 5.92 Å². The van der Waals surface area contributed by atoms with Crippen molar-refractivity contribution in [3.63, 3.8) is 0 Å². The highest BCUT2D eigenvalue weighted by molar-refractivity contribution is 5.95. The number of non-ortho nitro benzene ring substituents is 1. The van der Waals surface area contributed by atoms with E-state index in [0.29, 0.717) is 12.2 Å². The fourth-order valence-corrected chi connectivity index (χ4v) is 2.40. The van der Waals surface area contributed by atoms with Crippen LogP contribution in [0.15, 0.2) is 36.4 Å².